The van der Waals surface area contributed by atoms with Crippen LogP contribution in [0.1, 0.15) is 38.2 Å². The second-order valence-corrected chi connectivity index (χ2v) is 4.57. The van der Waals surface area contributed by atoms with Crippen LogP contribution < -0.4 is 15.6 Å². The summed E-state index contributed by atoms with van der Waals surface area (Å²) >= 11 is 0. The number of amides is 2. The Kier molecular flexibility index (Phi) is 7.64. The Bertz CT molecular complexity index is 498. The monoisotopic (exact) mass is 290 g/mol. The van der Waals surface area contributed by atoms with Crippen LogP contribution in [0, 0.1) is 0 Å². The molecule has 0 atom stereocenters. The van der Waals surface area contributed by atoms with Crippen molar-refractivity contribution in [3.05, 3.63) is 35.9 Å². The van der Waals surface area contributed by atoms with Crippen LogP contribution in [0.3, 0.4) is 0 Å². The van der Waals surface area contributed by atoms with E-state index in [1.165, 1.54) is 6.08 Å². The summed E-state index contributed by atoms with van der Waals surface area (Å²) in [5.41, 5.74) is 5.53. The van der Waals surface area contributed by atoms with Gasteiger partial charge >= 0.3 is 0 Å². The Morgan fingerprint density at radius 2 is 1.95 bits per heavy atom. The SMILES string of the molecule is CCCCCC(=O)NNC(=O)/C=C/c1ccccc1OC. The van der Waals surface area contributed by atoms with Crippen LogP contribution in [0.5, 0.6) is 5.75 Å². The highest BCUT2D eigenvalue weighted by Gasteiger charge is 2.02. The molecule has 0 fully saturated rings. The van der Waals surface area contributed by atoms with E-state index >= 15 is 0 Å². The van der Waals surface area contributed by atoms with Crippen molar-refractivity contribution < 1.29 is 14.3 Å². The van der Waals surface area contributed by atoms with Crippen LogP contribution in [0.25, 0.3) is 6.08 Å². The predicted molar refractivity (Wildman–Crippen MR) is 82.5 cm³/mol. The molecule has 0 aliphatic carbocycles. The third-order valence-electron chi connectivity index (χ3n) is 2.89. The number of carbonyl (C=O) groups is 2. The summed E-state index contributed by atoms with van der Waals surface area (Å²) in [6.45, 7) is 2.07. The molecule has 0 spiro atoms. The maximum Gasteiger partial charge on any atom is 0.262 e. The van der Waals surface area contributed by atoms with E-state index in [2.05, 4.69) is 17.8 Å². The van der Waals surface area contributed by atoms with E-state index in [1.54, 1.807) is 13.2 Å². The van der Waals surface area contributed by atoms with Gasteiger partial charge in [0, 0.05) is 18.1 Å². The number of hydrazine groups is 1. The second-order valence-electron chi connectivity index (χ2n) is 4.57. The first kappa shape index (κ1) is 16.8. The van der Waals surface area contributed by atoms with Crippen molar-refractivity contribution in [2.24, 2.45) is 0 Å². The minimum Gasteiger partial charge on any atom is -0.496 e. The second kappa shape index (κ2) is 9.58. The predicted octanol–water partition coefficient (Wildman–Crippen LogP) is 2.44. The van der Waals surface area contributed by atoms with Crippen molar-refractivity contribution in [2.75, 3.05) is 7.11 Å². The summed E-state index contributed by atoms with van der Waals surface area (Å²) < 4.78 is 5.18. The molecule has 5 heteroatoms. The van der Waals surface area contributed by atoms with Crippen molar-refractivity contribution >= 4 is 17.9 Å². The highest BCUT2D eigenvalue weighted by Crippen LogP contribution is 2.18. The molecular weight excluding hydrogens is 268 g/mol. The van der Waals surface area contributed by atoms with Crippen LogP contribution in [0.15, 0.2) is 30.3 Å². The molecule has 1 aromatic rings. The molecule has 0 bridgehead atoms. The lowest BCUT2D eigenvalue weighted by molar-refractivity contribution is -0.126. The maximum absolute atomic E-state index is 11.6. The fraction of sp³-hybridized carbons (Fsp3) is 0.375. The summed E-state index contributed by atoms with van der Waals surface area (Å²) in [7, 11) is 1.57. The number of hydrogen-bond donors (Lipinski definition) is 2. The zero-order valence-electron chi connectivity index (χ0n) is 12.5. The van der Waals surface area contributed by atoms with Crippen molar-refractivity contribution in [2.45, 2.75) is 32.6 Å². The van der Waals surface area contributed by atoms with Crippen molar-refractivity contribution in [1.29, 1.82) is 0 Å². The molecule has 114 valence electrons. The van der Waals surface area contributed by atoms with E-state index in [-0.39, 0.29) is 11.8 Å². The zero-order valence-corrected chi connectivity index (χ0v) is 12.5. The van der Waals surface area contributed by atoms with E-state index < -0.39 is 0 Å². The molecule has 2 amide bonds. The van der Waals surface area contributed by atoms with Crippen molar-refractivity contribution in [3.8, 4) is 5.75 Å². The molecule has 0 aromatic heterocycles. The summed E-state index contributed by atoms with van der Waals surface area (Å²) in [5, 5.41) is 0. The van der Waals surface area contributed by atoms with E-state index in [0.717, 1.165) is 24.8 Å². The number of ether oxygens (including phenoxy) is 1. The van der Waals surface area contributed by atoms with Gasteiger partial charge in [0.1, 0.15) is 5.75 Å². The Hall–Kier alpha value is -2.30. The summed E-state index contributed by atoms with van der Waals surface area (Å²) in [5.74, 6) is 0.123. The van der Waals surface area contributed by atoms with Gasteiger partial charge in [-0.2, -0.15) is 0 Å². The Morgan fingerprint density at radius 1 is 1.19 bits per heavy atom. The number of rotatable bonds is 7. The van der Waals surface area contributed by atoms with Gasteiger partial charge in [0.05, 0.1) is 7.11 Å². The number of carbonyl (C=O) groups excluding carboxylic acids is 2. The van der Waals surface area contributed by atoms with Crippen molar-refractivity contribution in [1.82, 2.24) is 10.9 Å². The fourth-order valence-corrected chi connectivity index (χ4v) is 1.74. The molecule has 0 unspecified atom stereocenters. The lowest BCUT2D eigenvalue weighted by atomic mass is 10.2. The quantitative estimate of drug-likeness (QED) is 0.460. The number of unbranched alkanes of at least 4 members (excludes halogenated alkanes) is 2. The van der Waals surface area contributed by atoms with Gasteiger partial charge in [0.25, 0.3) is 5.91 Å². The van der Waals surface area contributed by atoms with Gasteiger partial charge in [-0.1, -0.05) is 38.0 Å². The Morgan fingerprint density at radius 3 is 2.67 bits per heavy atom. The summed E-state index contributed by atoms with van der Waals surface area (Å²) in [6.07, 6.45) is 6.30. The summed E-state index contributed by atoms with van der Waals surface area (Å²) in [6, 6.07) is 7.36. The molecule has 1 rings (SSSR count). The molecular formula is C16H22N2O3. The van der Waals surface area contributed by atoms with Crippen LogP contribution in [-0.2, 0) is 9.59 Å². The Labute approximate surface area is 125 Å². The zero-order chi connectivity index (χ0) is 15.5. The number of para-hydroxylation sites is 1. The molecule has 0 saturated carbocycles. The van der Waals surface area contributed by atoms with Crippen molar-refractivity contribution in [3.63, 3.8) is 0 Å². The standard InChI is InChI=1S/C16H22N2O3/c1-3-4-5-10-15(19)17-18-16(20)12-11-13-8-6-7-9-14(13)21-2/h6-9,11-12H,3-5,10H2,1-2H3,(H,17,19)(H,18,20)/b12-11+. The van der Waals surface area contributed by atoms with Gasteiger partial charge in [-0.05, 0) is 18.6 Å². The van der Waals surface area contributed by atoms with E-state index in [9.17, 15) is 9.59 Å². The first-order chi connectivity index (χ1) is 10.2. The minimum atomic E-state index is -0.384. The van der Waals surface area contributed by atoms with Gasteiger partial charge < -0.3 is 4.74 Å². The largest absolute Gasteiger partial charge is 0.496 e. The van der Waals surface area contributed by atoms with Gasteiger partial charge in [0.2, 0.25) is 5.91 Å². The lowest BCUT2D eigenvalue weighted by Gasteiger charge is -2.05. The third-order valence-corrected chi connectivity index (χ3v) is 2.89. The van der Waals surface area contributed by atoms with Gasteiger partial charge in [-0.3, -0.25) is 20.4 Å². The molecule has 0 heterocycles. The molecule has 0 aliphatic rings. The molecule has 2 N–H and O–H groups in total. The normalized spacial score (nSPS) is 10.4. The smallest absolute Gasteiger partial charge is 0.262 e. The average Bonchev–Trinajstić information content (AvgIpc) is 2.51. The molecule has 0 aliphatic heterocycles. The number of hydrogen-bond acceptors (Lipinski definition) is 3. The topological polar surface area (TPSA) is 67.4 Å². The summed E-state index contributed by atoms with van der Waals surface area (Å²) in [4.78, 5) is 23.0. The third kappa shape index (κ3) is 6.61. The molecule has 0 radical (unpaired) electrons. The number of methoxy groups -OCH3 is 1. The fourth-order valence-electron chi connectivity index (χ4n) is 1.74. The van der Waals surface area contributed by atoms with Gasteiger partial charge in [0.15, 0.2) is 0 Å². The number of benzene rings is 1. The molecule has 21 heavy (non-hydrogen) atoms. The number of nitrogens with one attached hydrogen (secondary N) is 2. The molecule has 5 nitrogen and oxygen atoms in total. The van der Waals surface area contributed by atoms with Gasteiger partial charge in [-0.25, -0.2) is 0 Å². The molecule has 1 aromatic carbocycles. The van der Waals surface area contributed by atoms with E-state index in [1.807, 2.05) is 24.3 Å². The highest BCUT2D eigenvalue weighted by molar-refractivity contribution is 5.93. The van der Waals surface area contributed by atoms with Crippen LogP contribution in [0.2, 0.25) is 0 Å². The lowest BCUT2D eigenvalue weighted by Crippen LogP contribution is -2.40. The maximum atomic E-state index is 11.6. The van der Waals surface area contributed by atoms with Crippen LogP contribution in [0.4, 0.5) is 0 Å². The average molecular weight is 290 g/mol. The van der Waals surface area contributed by atoms with E-state index in [0.29, 0.717) is 12.2 Å². The minimum absolute atomic E-state index is 0.178. The Balaban J connectivity index is 2.39. The van der Waals surface area contributed by atoms with Crippen LogP contribution >= 0.6 is 0 Å². The molecule has 0 saturated heterocycles. The van der Waals surface area contributed by atoms with E-state index in [4.69, 9.17) is 4.74 Å². The van der Waals surface area contributed by atoms with Crippen LogP contribution in [-0.4, -0.2) is 18.9 Å². The highest BCUT2D eigenvalue weighted by atomic mass is 16.5. The first-order valence-corrected chi connectivity index (χ1v) is 7.07. The van der Waals surface area contributed by atoms with Gasteiger partial charge in [-0.15, -0.1) is 0 Å². The first-order valence-electron chi connectivity index (χ1n) is 7.07.